The molecule has 0 atom stereocenters. The molecule has 3 N–H and O–H groups in total. The van der Waals surface area contributed by atoms with Crippen molar-refractivity contribution in [2.24, 2.45) is 4.99 Å². The molecular formula is C17H33N7O. The molecule has 0 bridgehead atoms. The van der Waals surface area contributed by atoms with Crippen molar-refractivity contribution in [3.8, 4) is 0 Å². The van der Waals surface area contributed by atoms with Gasteiger partial charge < -0.3 is 20.5 Å². The second kappa shape index (κ2) is 10.7. The lowest BCUT2D eigenvalue weighted by molar-refractivity contribution is -0.121. The number of amides is 1. The first-order valence-corrected chi connectivity index (χ1v) is 9.05. The minimum absolute atomic E-state index is 0.0869. The van der Waals surface area contributed by atoms with Crippen molar-refractivity contribution in [2.45, 2.75) is 66.0 Å². The minimum atomic E-state index is -0.249. The molecule has 0 spiro atoms. The van der Waals surface area contributed by atoms with Crippen LogP contribution in [0.1, 0.15) is 53.3 Å². The molecule has 0 aliphatic carbocycles. The molecule has 1 amide bonds. The highest BCUT2D eigenvalue weighted by Gasteiger charge is 2.13. The molecule has 142 valence electrons. The van der Waals surface area contributed by atoms with Gasteiger partial charge in [0.2, 0.25) is 5.91 Å². The van der Waals surface area contributed by atoms with E-state index in [0.717, 1.165) is 38.2 Å². The van der Waals surface area contributed by atoms with Gasteiger partial charge in [0, 0.05) is 31.6 Å². The summed E-state index contributed by atoms with van der Waals surface area (Å²) in [6.45, 7) is 12.4. The van der Waals surface area contributed by atoms with E-state index in [4.69, 9.17) is 0 Å². The number of guanidine groups is 1. The second-order valence-electron chi connectivity index (χ2n) is 6.96. The Morgan fingerprint density at radius 3 is 2.60 bits per heavy atom. The molecule has 0 aromatic carbocycles. The first kappa shape index (κ1) is 20.9. The summed E-state index contributed by atoms with van der Waals surface area (Å²) in [5.74, 6) is 1.53. The zero-order valence-electron chi connectivity index (χ0n) is 16.2. The van der Waals surface area contributed by atoms with E-state index in [-0.39, 0.29) is 18.0 Å². The van der Waals surface area contributed by atoms with Crippen molar-refractivity contribution >= 4 is 11.9 Å². The van der Waals surface area contributed by atoms with Crippen LogP contribution in [0.3, 0.4) is 0 Å². The number of nitrogens with one attached hydrogen (secondary N) is 3. The van der Waals surface area contributed by atoms with Crippen molar-refractivity contribution < 1.29 is 4.79 Å². The van der Waals surface area contributed by atoms with Gasteiger partial charge in [0.25, 0.3) is 0 Å². The van der Waals surface area contributed by atoms with E-state index < -0.39 is 0 Å². The molecular weight excluding hydrogens is 318 g/mol. The Balaban J connectivity index is 2.53. The van der Waals surface area contributed by atoms with E-state index in [2.05, 4.69) is 45.0 Å². The average Bonchev–Trinajstić information content (AvgIpc) is 2.98. The van der Waals surface area contributed by atoms with E-state index >= 15 is 0 Å². The number of rotatable bonds is 9. The Kier molecular flexibility index (Phi) is 8.94. The van der Waals surface area contributed by atoms with Gasteiger partial charge in [-0.05, 0) is 27.2 Å². The molecule has 8 heteroatoms. The van der Waals surface area contributed by atoms with Gasteiger partial charge in [-0.25, -0.2) is 4.99 Å². The third kappa shape index (κ3) is 9.07. The Labute approximate surface area is 150 Å². The van der Waals surface area contributed by atoms with Crippen molar-refractivity contribution in [3.05, 3.63) is 12.2 Å². The quantitative estimate of drug-likeness (QED) is 0.352. The molecule has 0 fully saturated rings. The van der Waals surface area contributed by atoms with Crippen LogP contribution in [0.25, 0.3) is 0 Å². The lowest BCUT2D eigenvalue weighted by Gasteiger charge is -2.20. The summed E-state index contributed by atoms with van der Waals surface area (Å²) in [7, 11) is 0. The smallest absolute Gasteiger partial charge is 0.242 e. The standard InChI is InChI=1S/C17H33N7O/c1-6-8-9-18-16(20-12-15(25)22-17(3,4)5)19-10-11-24-13-21-23-14(24)7-2/h13H,6-12H2,1-5H3,(H,22,25)(H2,18,19,20). The van der Waals surface area contributed by atoms with Crippen LogP contribution in [-0.2, 0) is 17.8 Å². The number of carbonyl (C=O) groups is 1. The first-order valence-electron chi connectivity index (χ1n) is 9.05. The fourth-order valence-corrected chi connectivity index (χ4v) is 2.20. The van der Waals surface area contributed by atoms with Gasteiger partial charge in [0.1, 0.15) is 18.7 Å². The zero-order chi connectivity index (χ0) is 18.7. The number of hydrogen-bond donors (Lipinski definition) is 3. The molecule has 25 heavy (non-hydrogen) atoms. The lowest BCUT2D eigenvalue weighted by Crippen LogP contribution is -2.43. The van der Waals surface area contributed by atoms with E-state index in [1.807, 2.05) is 25.3 Å². The number of carbonyl (C=O) groups excluding carboxylic acids is 1. The van der Waals surface area contributed by atoms with Crippen molar-refractivity contribution in [2.75, 3.05) is 19.6 Å². The molecule has 0 saturated carbocycles. The highest BCUT2D eigenvalue weighted by atomic mass is 16.2. The predicted molar refractivity (Wildman–Crippen MR) is 101 cm³/mol. The van der Waals surface area contributed by atoms with Gasteiger partial charge in [-0.15, -0.1) is 10.2 Å². The topological polar surface area (TPSA) is 96.2 Å². The zero-order valence-corrected chi connectivity index (χ0v) is 16.2. The summed E-state index contributed by atoms with van der Waals surface area (Å²) < 4.78 is 2.02. The summed E-state index contributed by atoms with van der Waals surface area (Å²) >= 11 is 0. The largest absolute Gasteiger partial charge is 0.356 e. The van der Waals surface area contributed by atoms with E-state index in [0.29, 0.717) is 12.5 Å². The number of hydrogen-bond acceptors (Lipinski definition) is 4. The van der Waals surface area contributed by atoms with Crippen LogP contribution in [0.2, 0.25) is 0 Å². The normalized spacial score (nSPS) is 12.1. The van der Waals surface area contributed by atoms with Crippen LogP contribution >= 0.6 is 0 Å². The molecule has 1 aromatic rings. The molecule has 0 radical (unpaired) electrons. The highest BCUT2D eigenvalue weighted by Crippen LogP contribution is 1.98. The molecule has 1 aromatic heterocycles. The fourth-order valence-electron chi connectivity index (χ4n) is 2.20. The molecule has 0 aliphatic heterocycles. The van der Waals surface area contributed by atoms with E-state index in [9.17, 15) is 4.79 Å². The van der Waals surface area contributed by atoms with Gasteiger partial charge in [-0.3, -0.25) is 4.79 Å². The number of unbranched alkanes of at least 4 members (excludes halogenated alkanes) is 1. The van der Waals surface area contributed by atoms with Crippen LogP contribution in [0.5, 0.6) is 0 Å². The fraction of sp³-hybridized carbons (Fsp3) is 0.765. The molecule has 1 heterocycles. The molecule has 0 unspecified atom stereocenters. The molecule has 8 nitrogen and oxygen atoms in total. The summed E-state index contributed by atoms with van der Waals surface area (Å²) in [6.07, 6.45) is 4.74. The maximum Gasteiger partial charge on any atom is 0.242 e. The van der Waals surface area contributed by atoms with Crippen LogP contribution in [0, 0.1) is 0 Å². The number of aryl methyl sites for hydroxylation is 1. The summed E-state index contributed by atoms with van der Waals surface area (Å²) in [6, 6.07) is 0. The van der Waals surface area contributed by atoms with Crippen LogP contribution in [0.15, 0.2) is 11.3 Å². The maximum absolute atomic E-state index is 11.9. The van der Waals surface area contributed by atoms with Crippen molar-refractivity contribution in [1.82, 2.24) is 30.7 Å². The Bertz CT molecular complexity index is 545. The van der Waals surface area contributed by atoms with E-state index in [1.165, 1.54) is 0 Å². The maximum atomic E-state index is 11.9. The van der Waals surface area contributed by atoms with Gasteiger partial charge in [0.15, 0.2) is 5.96 Å². The van der Waals surface area contributed by atoms with Crippen LogP contribution < -0.4 is 16.0 Å². The van der Waals surface area contributed by atoms with Crippen molar-refractivity contribution in [3.63, 3.8) is 0 Å². The lowest BCUT2D eigenvalue weighted by atomic mass is 10.1. The Morgan fingerprint density at radius 2 is 1.96 bits per heavy atom. The molecule has 0 saturated heterocycles. The average molecular weight is 351 g/mol. The summed E-state index contributed by atoms with van der Waals surface area (Å²) in [5.41, 5.74) is -0.249. The third-order valence-corrected chi connectivity index (χ3v) is 3.38. The Morgan fingerprint density at radius 1 is 1.24 bits per heavy atom. The van der Waals surface area contributed by atoms with Crippen LogP contribution in [0.4, 0.5) is 0 Å². The SMILES string of the molecule is CCCCNC(=NCC(=O)NC(C)(C)C)NCCn1cnnc1CC. The highest BCUT2D eigenvalue weighted by molar-refractivity contribution is 5.85. The van der Waals surface area contributed by atoms with Gasteiger partial charge in [-0.2, -0.15) is 0 Å². The van der Waals surface area contributed by atoms with Crippen LogP contribution in [-0.4, -0.2) is 51.8 Å². The molecule has 1 rings (SSSR count). The summed E-state index contributed by atoms with van der Waals surface area (Å²) in [4.78, 5) is 16.3. The monoisotopic (exact) mass is 351 g/mol. The minimum Gasteiger partial charge on any atom is -0.356 e. The Hall–Kier alpha value is -2.12. The first-order chi connectivity index (χ1) is 11.9. The number of aliphatic imine (C=N–C) groups is 1. The third-order valence-electron chi connectivity index (χ3n) is 3.38. The molecule has 0 aliphatic rings. The number of nitrogens with zero attached hydrogens (tertiary/aromatic N) is 4. The van der Waals surface area contributed by atoms with E-state index in [1.54, 1.807) is 6.33 Å². The second-order valence-corrected chi connectivity index (χ2v) is 6.96. The number of aromatic nitrogens is 3. The predicted octanol–water partition coefficient (Wildman–Crippen LogP) is 1.09. The van der Waals surface area contributed by atoms with Gasteiger partial charge in [0.05, 0.1) is 0 Å². The van der Waals surface area contributed by atoms with Gasteiger partial charge in [-0.1, -0.05) is 20.3 Å². The van der Waals surface area contributed by atoms with Gasteiger partial charge >= 0.3 is 0 Å². The van der Waals surface area contributed by atoms with Crippen molar-refractivity contribution in [1.29, 1.82) is 0 Å². The summed E-state index contributed by atoms with van der Waals surface area (Å²) in [5, 5.41) is 17.5.